The van der Waals surface area contributed by atoms with Crippen molar-refractivity contribution in [3.05, 3.63) is 0 Å². The Kier molecular flexibility index (Phi) is 3.93. The van der Waals surface area contributed by atoms with E-state index >= 15 is 0 Å². The number of hydrogen-bond donors (Lipinski definition) is 1. The van der Waals surface area contributed by atoms with Crippen molar-refractivity contribution in [2.75, 3.05) is 0 Å². The molecule has 0 aromatic heterocycles. The topological polar surface area (TPSA) is 46.2 Å². The second-order valence-electron chi connectivity index (χ2n) is 3.88. The second-order valence-corrected chi connectivity index (χ2v) is 3.88. The number of ketones is 1. The molecular weight excluding hydrogens is 154 g/mol. The summed E-state index contributed by atoms with van der Waals surface area (Å²) in [7, 11) is 0. The third-order valence-electron chi connectivity index (χ3n) is 1.22. The lowest BCUT2D eigenvalue weighted by atomic mass is 10.1. The van der Waals surface area contributed by atoms with Crippen molar-refractivity contribution in [1.29, 1.82) is 0 Å². The van der Waals surface area contributed by atoms with Crippen LogP contribution in [-0.4, -0.2) is 17.2 Å². The van der Waals surface area contributed by atoms with E-state index in [1.54, 1.807) is 0 Å². The van der Waals surface area contributed by atoms with Gasteiger partial charge in [0, 0.05) is 12.0 Å². The van der Waals surface area contributed by atoms with Gasteiger partial charge >= 0.3 is 0 Å². The largest absolute Gasteiger partial charge is 0.345 e. The summed E-state index contributed by atoms with van der Waals surface area (Å²) in [6.45, 7) is 7.43. The van der Waals surface area contributed by atoms with Gasteiger partial charge in [0.25, 0.3) is 5.91 Å². The zero-order chi connectivity index (χ0) is 9.78. The smallest absolute Gasteiger partial charge is 0.287 e. The second kappa shape index (κ2) is 4.24. The van der Waals surface area contributed by atoms with Gasteiger partial charge in [0.05, 0.1) is 0 Å². The first-order valence-electron chi connectivity index (χ1n) is 4.22. The van der Waals surface area contributed by atoms with E-state index in [0.29, 0.717) is 6.42 Å². The molecule has 0 atom stereocenters. The van der Waals surface area contributed by atoms with Gasteiger partial charge in [-0.25, -0.2) is 0 Å². The van der Waals surface area contributed by atoms with Crippen molar-refractivity contribution < 1.29 is 9.59 Å². The van der Waals surface area contributed by atoms with Crippen molar-refractivity contribution >= 4 is 11.7 Å². The van der Waals surface area contributed by atoms with Crippen LogP contribution in [0.1, 0.15) is 40.5 Å². The molecule has 0 aliphatic rings. The van der Waals surface area contributed by atoms with Crippen LogP contribution in [0.25, 0.3) is 0 Å². The van der Waals surface area contributed by atoms with Crippen LogP contribution in [0.15, 0.2) is 0 Å². The van der Waals surface area contributed by atoms with E-state index in [1.807, 2.05) is 27.7 Å². The Balaban J connectivity index is 3.97. The molecule has 1 N–H and O–H groups in total. The maximum atomic E-state index is 11.1. The molecule has 12 heavy (non-hydrogen) atoms. The first-order chi connectivity index (χ1) is 5.37. The third-order valence-corrected chi connectivity index (χ3v) is 1.22. The van der Waals surface area contributed by atoms with Crippen molar-refractivity contribution in [2.45, 2.75) is 46.1 Å². The minimum atomic E-state index is -0.468. The van der Waals surface area contributed by atoms with E-state index in [4.69, 9.17) is 0 Å². The predicted octanol–water partition coefficient (Wildman–Crippen LogP) is 1.27. The average molecular weight is 171 g/mol. The number of rotatable bonds is 3. The number of carbonyl (C=O) groups is 2. The van der Waals surface area contributed by atoms with E-state index in [-0.39, 0.29) is 11.3 Å². The lowest BCUT2D eigenvalue weighted by molar-refractivity contribution is -0.138. The van der Waals surface area contributed by atoms with E-state index in [9.17, 15) is 9.59 Å². The lowest BCUT2D eigenvalue weighted by Crippen LogP contribution is -2.44. The molecule has 1 amide bonds. The molecular formula is C9H17NO2. The summed E-state index contributed by atoms with van der Waals surface area (Å²) in [5.74, 6) is -0.795. The standard InChI is InChI=1S/C9H17NO2/c1-5-6-7(11)8(12)10-9(2,3)4/h5-6H2,1-4H3,(H,10,12). The number of carbonyl (C=O) groups excluding carboxylic acids is 2. The number of Topliss-reactive ketones (excluding diaryl/α,β-unsaturated/α-hetero) is 1. The van der Waals surface area contributed by atoms with E-state index in [1.165, 1.54) is 0 Å². The number of amides is 1. The fraction of sp³-hybridized carbons (Fsp3) is 0.778. The highest BCUT2D eigenvalue weighted by Gasteiger charge is 2.18. The van der Waals surface area contributed by atoms with Gasteiger partial charge in [-0.2, -0.15) is 0 Å². The summed E-state index contributed by atoms with van der Waals surface area (Å²) in [5.41, 5.74) is -0.319. The van der Waals surface area contributed by atoms with Crippen LogP contribution < -0.4 is 5.32 Å². The van der Waals surface area contributed by atoms with Crippen molar-refractivity contribution in [1.82, 2.24) is 5.32 Å². The Morgan fingerprint density at radius 3 is 2.08 bits per heavy atom. The molecule has 0 unspecified atom stereocenters. The van der Waals surface area contributed by atoms with E-state index in [0.717, 1.165) is 6.42 Å². The molecule has 0 aliphatic heterocycles. The van der Waals surface area contributed by atoms with Crippen LogP contribution in [0.5, 0.6) is 0 Å². The maximum Gasteiger partial charge on any atom is 0.287 e. The predicted molar refractivity (Wildman–Crippen MR) is 47.8 cm³/mol. The fourth-order valence-electron chi connectivity index (χ4n) is 0.751. The number of nitrogens with one attached hydrogen (secondary N) is 1. The molecule has 3 heteroatoms. The highest BCUT2D eigenvalue weighted by molar-refractivity contribution is 6.36. The van der Waals surface area contributed by atoms with Crippen LogP contribution in [0.4, 0.5) is 0 Å². The van der Waals surface area contributed by atoms with Crippen LogP contribution in [-0.2, 0) is 9.59 Å². The third kappa shape index (κ3) is 4.88. The molecule has 0 aliphatic carbocycles. The number of hydrogen-bond acceptors (Lipinski definition) is 2. The molecule has 0 fully saturated rings. The Hall–Kier alpha value is -0.860. The van der Waals surface area contributed by atoms with Crippen molar-refractivity contribution in [3.8, 4) is 0 Å². The molecule has 0 heterocycles. The van der Waals surface area contributed by atoms with Crippen molar-refractivity contribution in [3.63, 3.8) is 0 Å². The highest BCUT2D eigenvalue weighted by Crippen LogP contribution is 1.99. The molecule has 0 rings (SSSR count). The van der Waals surface area contributed by atoms with E-state index < -0.39 is 5.91 Å². The molecule has 0 saturated carbocycles. The summed E-state index contributed by atoms with van der Waals surface area (Å²) in [4.78, 5) is 22.1. The molecule has 0 saturated heterocycles. The summed E-state index contributed by atoms with van der Waals surface area (Å²) in [6, 6.07) is 0. The first-order valence-corrected chi connectivity index (χ1v) is 4.22. The van der Waals surface area contributed by atoms with Crippen molar-refractivity contribution in [2.24, 2.45) is 0 Å². The van der Waals surface area contributed by atoms with Gasteiger partial charge in [0.2, 0.25) is 5.78 Å². The van der Waals surface area contributed by atoms with Crippen LogP contribution >= 0.6 is 0 Å². The first kappa shape index (κ1) is 11.1. The molecule has 0 bridgehead atoms. The Labute approximate surface area is 73.5 Å². The van der Waals surface area contributed by atoms with Gasteiger partial charge in [0.1, 0.15) is 0 Å². The zero-order valence-corrected chi connectivity index (χ0v) is 8.23. The fourth-order valence-corrected chi connectivity index (χ4v) is 0.751. The molecule has 0 radical (unpaired) electrons. The SMILES string of the molecule is CCCC(=O)C(=O)NC(C)(C)C. The van der Waals surface area contributed by atoms with Gasteiger partial charge in [-0.3, -0.25) is 9.59 Å². The zero-order valence-electron chi connectivity index (χ0n) is 8.23. The van der Waals surface area contributed by atoms with Gasteiger partial charge in [-0.05, 0) is 27.2 Å². The van der Waals surface area contributed by atoms with Gasteiger partial charge in [-0.1, -0.05) is 6.92 Å². The van der Waals surface area contributed by atoms with E-state index in [2.05, 4.69) is 5.32 Å². The molecule has 0 aromatic carbocycles. The Morgan fingerprint density at radius 2 is 1.75 bits per heavy atom. The van der Waals surface area contributed by atoms with Gasteiger partial charge < -0.3 is 5.32 Å². The van der Waals surface area contributed by atoms with Crippen LogP contribution in [0.2, 0.25) is 0 Å². The maximum absolute atomic E-state index is 11.1. The van der Waals surface area contributed by atoms with Crippen LogP contribution in [0, 0.1) is 0 Å². The lowest BCUT2D eigenvalue weighted by Gasteiger charge is -2.19. The molecule has 0 spiro atoms. The molecule has 70 valence electrons. The van der Waals surface area contributed by atoms with Gasteiger partial charge in [0.15, 0.2) is 0 Å². The molecule has 3 nitrogen and oxygen atoms in total. The monoisotopic (exact) mass is 171 g/mol. The summed E-state index contributed by atoms with van der Waals surface area (Å²) < 4.78 is 0. The quantitative estimate of drug-likeness (QED) is 0.650. The normalized spacial score (nSPS) is 11.0. The summed E-state index contributed by atoms with van der Waals surface area (Å²) >= 11 is 0. The minimum absolute atomic E-state index is 0.319. The molecule has 0 aromatic rings. The van der Waals surface area contributed by atoms with Crippen LogP contribution in [0.3, 0.4) is 0 Å². The summed E-state index contributed by atoms with van der Waals surface area (Å²) in [6.07, 6.45) is 1.05. The average Bonchev–Trinajstić information content (AvgIpc) is 1.84. The van der Waals surface area contributed by atoms with Gasteiger partial charge in [-0.15, -0.1) is 0 Å². The minimum Gasteiger partial charge on any atom is -0.345 e. The Morgan fingerprint density at radius 1 is 1.25 bits per heavy atom. The highest BCUT2D eigenvalue weighted by atomic mass is 16.2. The summed E-state index contributed by atoms with van der Waals surface area (Å²) in [5, 5.41) is 2.62. The Bertz CT molecular complexity index is 179.